The van der Waals surface area contributed by atoms with E-state index in [-0.39, 0.29) is 0 Å². The molecule has 0 aliphatic carbocycles. The lowest BCUT2D eigenvalue weighted by atomic mass is 10.1. The van der Waals surface area contributed by atoms with Crippen molar-refractivity contribution < 1.29 is 4.79 Å². The second-order valence-electron chi connectivity index (χ2n) is 3.84. The van der Waals surface area contributed by atoms with Gasteiger partial charge in [0.25, 0.3) is 0 Å². The lowest BCUT2D eigenvalue weighted by Gasteiger charge is -1.97. The summed E-state index contributed by atoms with van der Waals surface area (Å²) in [6.45, 7) is 0. The van der Waals surface area contributed by atoms with Crippen molar-refractivity contribution in [3.8, 4) is 11.8 Å². The average Bonchev–Trinajstić information content (AvgIpc) is 2.46. The Morgan fingerprint density at radius 2 is 1.68 bits per heavy atom. The van der Waals surface area contributed by atoms with E-state index in [4.69, 9.17) is 11.6 Å². The van der Waals surface area contributed by atoms with Gasteiger partial charge in [0.15, 0.2) is 0 Å². The molecular weight excluding hydrogens is 256 g/mol. The molecule has 0 unspecified atom stereocenters. The van der Waals surface area contributed by atoms with Crippen LogP contribution < -0.4 is 0 Å². The van der Waals surface area contributed by atoms with E-state index in [2.05, 4.69) is 11.8 Å². The normalized spacial score (nSPS) is 10.5. The van der Waals surface area contributed by atoms with Crippen molar-refractivity contribution >= 4 is 23.5 Å². The van der Waals surface area contributed by atoms with Crippen molar-refractivity contribution in [3.63, 3.8) is 0 Å². The van der Waals surface area contributed by atoms with E-state index in [0.29, 0.717) is 10.6 Å². The molecule has 0 amide bonds. The van der Waals surface area contributed by atoms with E-state index in [1.807, 2.05) is 42.5 Å². The van der Waals surface area contributed by atoms with Crippen LogP contribution in [0.25, 0.3) is 5.57 Å². The smallest absolute Gasteiger partial charge is 0.144 e. The highest BCUT2D eigenvalue weighted by molar-refractivity contribution is 6.30. The van der Waals surface area contributed by atoms with Gasteiger partial charge in [0, 0.05) is 16.2 Å². The number of allylic oxidation sites excluding steroid dienone is 2. The van der Waals surface area contributed by atoms with Crippen LogP contribution in [0.15, 0.2) is 60.7 Å². The van der Waals surface area contributed by atoms with Gasteiger partial charge in [-0.25, -0.2) is 0 Å². The maximum atomic E-state index is 10.7. The fourth-order valence-corrected chi connectivity index (χ4v) is 1.69. The summed E-state index contributed by atoms with van der Waals surface area (Å²) in [6, 6.07) is 16.9. The summed E-state index contributed by atoms with van der Waals surface area (Å²) in [4.78, 5) is 10.7. The van der Waals surface area contributed by atoms with Crippen LogP contribution in [-0.4, -0.2) is 6.29 Å². The van der Waals surface area contributed by atoms with Crippen molar-refractivity contribution in [2.24, 2.45) is 0 Å². The molecule has 1 nitrogen and oxygen atoms in total. The van der Waals surface area contributed by atoms with Crippen LogP contribution >= 0.6 is 11.6 Å². The number of halogens is 1. The molecule has 0 spiro atoms. The zero-order valence-corrected chi connectivity index (χ0v) is 10.9. The van der Waals surface area contributed by atoms with Crippen LogP contribution in [0.2, 0.25) is 5.02 Å². The molecule has 19 heavy (non-hydrogen) atoms. The maximum absolute atomic E-state index is 10.7. The minimum atomic E-state index is 0.678. The zero-order valence-electron chi connectivity index (χ0n) is 10.1. The Hall–Kier alpha value is -2.30. The summed E-state index contributed by atoms with van der Waals surface area (Å²) in [6.07, 6.45) is 2.22. The van der Waals surface area contributed by atoms with Crippen LogP contribution in [0.1, 0.15) is 11.1 Å². The van der Waals surface area contributed by atoms with Gasteiger partial charge >= 0.3 is 0 Å². The lowest BCUT2D eigenvalue weighted by Crippen LogP contribution is -1.82. The molecule has 0 N–H and O–H groups in total. The summed E-state index contributed by atoms with van der Waals surface area (Å²) >= 11 is 5.81. The summed E-state index contributed by atoms with van der Waals surface area (Å²) in [5.74, 6) is 6.03. The largest absolute Gasteiger partial charge is 0.299 e. The molecule has 2 heteroatoms. The number of carbonyl (C=O) groups is 1. The zero-order chi connectivity index (χ0) is 13.5. The van der Waals surface area contributed by atoms with E-state index in [1.54, 1.807) is 12.1 Å². The molecule has 0 aliphatic heterocycles. The van der Waals surface area contributed by atoms with E-state index < -0.39 is 0 Å². The fourth-order valence-electron chi connectivity index (χ4n) is 1.57. The Balaban J connectivity index is 2.31. The monoisotopic (exact) mass is 266 g/mol. The first-order chi connectivity index (χ1) is 9.29. The highest BCUT2D eigenvalue weighted by Crippen LogP contribution is 2.13. The molecule has 0 aromatic heterocycles. The highest BCUT2D eigenvalue weighted by Gasteiger charge is 1.96. The van der Waals surface area contributed by atoms with Crippen LogP contribution in [0.4, 0.5) is 0 Å². The molecule has 0 saturated heterocycles. The first-order valence-electron chi connectivity index (χ1n) is 5.78. The molecule has 0 atom stereocenters. The van der Waals surface area contributed by atoms with E-state index >= 15 is 0 Å². The van der Waals surface area contributed by atoms with Crippen molar-refractivity contribution in [2.75, 3.05) is 0 Å². The number of carbonyl (C=O) groups excluding carboxylic acids is 1. The molecule has 0 fully saturated rings. The number of benzene rings is 2. The van der Waals surface area contributed by atoms with Gasteiger partial charge in [-0.2, -0.15) is 0 Å². The Bertz CT molecular complexity index is 643. The summed E-state index contributed by atoms with van der Waals surface area (Å²) in [5.41, 5.74) is 2.48. The molecular formula is C17H11ClO. The van der Waals surface area contributed by atoms with Gasteiger partial charge in [-0.15, -0.1) is 0 Å². The molecule has 2 aromatic rings. The SMILES string of the molecule is O=C/C=C(\C#Cc1ccc(Cl)cc1)c1ccccc1. The van der Waals surface area contributed by atoms with Gasteiger partial charge in [-0.3, -0.25) is 4.79 Å². The Morgan fingerprint density at radius 3 is 2.32 bits per heavy atom. The van der Waals surface area contributed by atoms with Gasteiger partial charge < -0.3 is 0 Å². The summed E-state index contributed by atoms with van der Waals surface area (Å²) < 4.78 is 0. The van der Waals surface area contributed by atoms with Gasteiger partial charge in [0.2, 0.25) is 0 Å². The molecule has 0 saturated carbocycles. The first-order valence-corrected chi connectivity index (χ1v) is 6.16. The molecule has 0 aliphatic rings. The van der Waals surface area contributed by atoms with Crippen molar-refractivity contribution in [2.45, 2.75) is 0 Å². The molecule has 2 aromatic carbocycles. The first kappa shape index (κ1) is 13.1. The number of aldehydes is 1. The Morgan fingerprint density at radius 1 is 1.00 bits per heavy atom. The summed E-state index contributed by atoms with van der Waals surface area (Å²) in [7, 11) is 0. The predicted molar refractivity (Wildman–Crippen MR) is 78.8 cm³/mol. The third kappa shape index (κ3) is 3.84. The van der Waals surface area contributed by atoms with Crippen molar-refractivity contribution in [1.82, 2.24) is 0 Å². The highest BCUT2D eigenvalue weighted by atomic mass is 35.5. The quantitative estimate of drug-likeness (QED) is 0.457. The minimum absolute atomic E-state index is 0.678. The molecule has 0 heterocycles. The fraction of sp³-hybridized carbons (Fsp3) is 0. The number of hydrogen-bond acceptors (Lipinski definition) is 1. The van der Waals surface area contributed by atoms with Gasteiger partial charge in [0.1, 0.15) is 6.29 Å². The van der Waals surface area contributed by atoms with Crippen molar-refractivity contribution in [3.05, 3.63) is 76.8 Å². The Labute approximate surface area is 117 Å². The lowest BCUT2D eigenvalue weighted by molar-refractivity contribution is -0.104. The molecule has 0 radical (unpaired) electrons. The average molecular weight is 267 g/mol. The molecule has 2 rings (SSSR count). The summed E-state index contributed by atoms with van der Waals surface area (Å²) in [5, 5.41) is 0.678. The van der Waals surface area contributed by atoms with Crippen LogP contribution in [-0.2, 0) is 4.79 Å². The number of hydrogen-bond donors (Lipinski definition) is 0. The van der Waals surface area contributed by atoms with Gasteiger partial charge in [-0.1, -0.05) is 53.8 Å². The maximum Gasteiger partial charge on any atom is 0.144 e. The van der Waals surface area contributed by atoms with Crippen LogP contribution in [0.3, 0.4) is 0 Å². The molecule has 92 valence electrons. The van der Waals surface area contributed by atoms with Crippen molar-refractivity contribution in [1.29, 1.82) is 0 Å². The molecule has 0 bridgehead atoms. The second kappa shape index (κ2) is 6.58. The standard InChI is InChI=1S/C17H11ClO/c18-17-10-7-14(8-11-17)6-9-16(12-13-19)15-4-2-1-3-5-15/h1-5,7-8,10-13H/b16-12+. The third-order valence-electron chi connectivity index (χ3n) is 2.51. The second-order valence-corrected chi connectivity index (χ2v) is 4.28. The third-order valence-corrected chi connectivity index (χ3v) is 2.76. The Kier molecular flexibility index (Phi) is 4.55. The van der Waals surface area contributed by atoms with E-state index in [9.17, 15) is 4.79 Å². The van der Waals surface area contributed by atoms with Gasteiger partial charge in [-0.05, 0) is 35.9 Å². The van der Waals surface area contributed by atoms with Gasteiger partial charge in [0.05, 0.1) is 0 Å². The predicted octanol–water partition coefficient (Wildman–Crippen LogP) is 3.97. The van der Waals surface area contributed by atoms with Crippen LogP contribution in [0.5, 0.6) is 0 Å². The number of rotatable bonds is 2. The topological polar surface area (TPSA) is 17.1 Å². The van der Waals surface area contributed by atoms with E-state index in [0.717, 1.165) is 17.4 Å². The van der Waals surface area contributed by atoms with E-state index in [1.165, 1.54) is 6.08 Å². The van der Waals surface area contributed by atoms with Crippen LogP contribution in [0, 0.1) is 11.8 Å². The minimum Gasteiger partial charge on any atom is -0.299 e.